The Kier molecular flexibility index (Phi) is 5.16. The molecule has 5 rings (SSSR count). The molecule has 2 aromatic rings. The molecule has 6 nitrogen and oxygen atoms in total. The molecule has 0 saturated carbocycles. The van der Waals surface area contributed by atoms with Crippen molar-refractivity contribution in [3.63, 3.8) is 0 Å². The van der Waals surface area contributed by atoms with Crippen molar-refractivity contribution < 1.29 is 0 Å². The third-order valence-corrected chi connectivity index (χ3v) is 7.37. The maximum atomic E-state index is 6.54. The van der Waals surface area contributed by atoms with Crippen LogP contribution in [0, 0.1) is 0 Å². The third-order valence-electron chi connectivity index (χ3n) is 6.78. The van der Waals surface area contributed by atoms with E-state index in [-0.39, 0.29) is 5.54 Å². The summed E-state index contributed by atoms with van der Waals surface area (Å²) in [6.07, 6.45) is 15.6. The number of H-pyrrole nitrogens is 1. The summed E-state index contributed by atoms with van der Waals surface area (Å²) < 4.78 is 1.03. The molecule has 2 fully saturated rings. The van der Waals surface area contributed by atoms with E-state index < -0.39 is 0 Å². The molecule has 2 atom stereocenters. The highest BCUT2D eigenvalue weighted by Crippen LogP contribution is 2.41. The molecule has 3 N–H and O–H groups in total. The lowest BCUT2D eigenvalue weighted by atomic mass is 9.92. The fourth-order valence-corrected chi connectivity index (χ4v) is 5.86. The van der Waals surface area contributed by atoms with Crippen LogP contribution in [0.5, 0.6) is 0 Å². The highest BCUT2D eigenvalue weighted by molar-refractivity contribution is 9.10. The van der Waals surface area contributed by atoms with Gasteiger partial charge in [-0.25, -0.2) is 4.98 Å². The number of rotatable bonds is 3. The normalized spacial score (nSPS) is 27.9. The van der Waals surface area contributed by atoms with E-state index in [0.29, 0.717) is 6.04 Å². The van der Waals surface area contributed by atoms with E-state index in [0.717, 1.165) is 42.6 Å². The summed E-state index contributed by atoms with van der Waals surface area (Å²) in [5.41, 5.74) is 11.1. The maximum Gasteiger partial charge on any atom is 0.141 e. The number of hydrogen-bond donors (Lipinski definition) is 2. The first kappa shape index (κ1) is 20.1. The Morgan fingerprint density at radius 3 is 2.93 bits per heavy atom. The average Bonchev–Trinajstić information content (AvgIpc) is 3.33. The molecule has 0 aliphatic carbocycles. The Balaban J connectivity index is 1.57. The number of fused-ring (bicyclic) bond motifs is 1. The van der Waals surface area contributed by atoms with Gasteiger partial charge in [0.2, 0.25) is 0 Å². The lowest BCUT2D eigenvalue weighted by Gasteiger charge is -2.40. The van der Waals surface area contributed by atoms with Gasteiger partial charge >= 0.3 is 0 Å². The van der Waals surface area contributed by atoms with E-state index in [9.17, 15) is 0 Å². The molecule has 30 heavy (non-hydrogen) atoms. The van der Waals surface area contributed by atoms with Crippen LogP contribution in [0.3, 0.4) is 0 Å². The highest BCUT2D eigenvalue weighted by atomic mass is 79.9. The van der Waals surface area contributed by atoms with Gasteiger partial charge in [0, 0.05) is 49.8 Å². The number of likely N-dealkylation sites (N-methyl/N-ethyl adjacent to an activating group) is 1. The Morgan fingerprint density at radius 2 is 2.17 bits per heavy atom. The summed E-state index contributed by atoms with van der Waals surface area (Å²) in [5, 5.41) is 1.17. The maximum absolute atomic E-state index is 6.54. The predicted octanol–water partition coefficient (Wildman–Crippen LogP) is 4.00. The van der Waals surface area contributed by atoms with Gasteiger partial charge in [-0.05, 0) is 67.7 Å². The fraction of sp³-hybridized carbons (Fsp3) is 0.522. The molecule has 2 unspecified atom stereocenters. The van der Waals surface area contributed by atoms with E-state index in [1.165, 1.54) is 41.7 Å². The molecule has 0 spiro atoms. The zero-order chi connectivity index (χ0) is 20.9. The fourth-order valence-electron chi connectivity index (χ4n) is 5.31. The van der Waals surface area contributed by atoms with Crippen LogP contribution in [0.25, 0.3) is 11.0 Å². The molecule has 0 bridgehead atoms. The average molecular weight is 471 g/mol. The van der Waals surface area contributed by atoms with Crippen LogP contribution in [0.2, 0.25) is 0 Å². The number of pyridine rings is 1. The first-order valence-corrected chi connectivity index (χ1v) is 11.8. The SMILES string of the molecule is CN1CCCC1C1=CN(c2c[nH]c3ncc(Br)c(N4CCCC(C)(N)C4)c23)CC=C1. The Hall–Kier alpha value is -1.83. The van der Waals surface area contributed by atoms with Crippen molar-refractivity contribution in [2.45, 2.75) is 44.2 Å². The van der Waals surface area contributed by atoms with Gasteiger partial charge in [0.05, 0.1) is 21.2 Å². The topological polar surface area (TPSA) is 64.4 Å². The van der Waals surface area contributed by atoms with Gasteiger partial charge < -0.3 is 20.5 Å². The van der Waals surface area contributed by atoms with E-state index >= 15 is 0 Å². The molecule has 0 radical (unpaired) electrons. The van der Waals surface area contributed by atoms with Crippen LogP contribution >= 0.6 is 15.9 Å². The zero-order valence-corrected chi connectivity index (χ0v) is 19.5. The van der Waals surface area contributed by atoms with Crippen LogP contribution < -0.4 is 15.5 Å². The van der Waals surface area contributed by atoms with Gasteiger partial charge in [-0.1, -0.05) is 12.2 Å². The van der Waals surface area contributed by atoms with Crippen molar-refractivity contribution in [1.82, 2.24) is 14.9 Å². The van der Waals surface area contributed by atoms with Crippen LogP contribution in [-0.2, 0) is 0 Å². The summed E-state index contributed by atoms with van der Waals surface area (Å²) in [6.45, 7) is 6.07. The molecule has 2 aromatic heterocycles. The molecular formula is C23H31BrN6. The monoisotopic (exact) mass is 470 g/mol. The number of aromatic amines is 1. The molecule has 0 amide bonds. The molecule has 3 aliphatic rings. The minimum absolute atomic E-state index is 0.169. The van der Waals surface area contributed by atoms with Crippen molar-refractivity contribution in [3.8, 4) is 0 Å². The number of halogens is 1. The van der Waals surface area contributed by atoms with Gasteiger partial charge in [0.25, 0.3) is 0 Å². The number of nitrogens with zero attached hydrogens (tertiary/aromatic N) is 4. The summed E-state index contributed by atoms with van der Waals surface area (Å²) in [7, 11) is 2.23. The van der Waals surface area contributed by atoms with Crippen molar-refractivity contribution in [3.05, 3.63) is 40.8 Å². The zero-order valence-electron chi connectivity index (χ0n) is 17.9. The third kappa shape index (κ3) is 3.57. The largest absolute Gasteiger partial charge is 0.368 e. The Bertz CT molecular complexity index is 1010. The lowest BCUT2D eigenvalue weighted by molar-refractivity contribution is 0.348. The molecule has 3 aliphatic heterocycles. The van der Waals surface area contributed by atoms with Crippen molar-refractivity contribution >= 4 is 38.3 Å². The van der Waals surface area contributed by atoms with Gasteiger partial charge in [0.15, 0.2) is 0 Å². The smallest absolute Gasteiger partial charge is 0.141 e. The Morgan fingerprint density at radius 1 is 1.30 bits per heavy atom. The number of hydrogen-bond acceptors (Lipinski definition) is 5. The van der Waals surface area contributed by atoms with E-state index in [2.05, 4.69) is 79.1 Å². The highest BCUT2D eigenvalue weighted by Gasteiger charge is 2.31. The summed E-state index contributed by atoms with van der Waals surface area (Å²) >= 11 is 3.79. The number of anilines is 2. The van der Waals surface area contributed by atoms with Gasteiger partial charge in [-0.15, -0.1) is 0 Å². The Labute approximate surface area is 186 Å². The van der Waals surface area contributed by atoms with Gasteiger partial charge in [-0.2, -0.15) is 0 Å². The summed E-state index contributed by atoms with van der Waals surface area (Å²) in [4.78, 5) is 15.3. The van der Waals surface area contributed by atoms with Crippen LogP contribution in [0.1, 0.15) is 32.6 Å². The second-order valence-electron chi connectivity index (χ2n) is 9.35. The van der Waals surface area contributed by atoms with Gasteiger partial charge in [0.1, 0.15) is 5.65 Å². The first-order valence-electron chi connectivity index (χ1n) is 11.0. The first-order chi connectivity index (χ1) is 14.4. The summed E-state index contributed by atoms with van der Waals surface area (Å²) in [6, 6.07) is 0.513. The minimum Gasteiger partial charge on any atom is -0.368 e. The minimum atomic E-state index is -0.169. The number of nitrogens with two attached hydrogens (primary N) is 1. The van der Waals surface area contributed by atoms with Gasteiger partial charge in [-0.3, -0.25) is 4.90 Å². The van der Waals surface area contributed by atoms with Crippen LogP contribution in [-0.4, -0.2) is 59.7 Å². The molecule has 5 heterocycles. The van der Waals surface area contributed by atoms with Crippen LogP contribution in [0.15, 0.2) is 40.8 Å². The van der Waals surface area contributed by atoms with E-state index in [1.54, 1.807) is 0 Å². The van der Waals surface area contributed by atoms with E-state index in [4.69, 9.17) is 5.73 Å². The van der Waals surface area contributed by atoms with Crippen molar-refractivity contribution in [2.24, 2.45) is 5.73 Å². The lowest BCUT2D eigenvalue weighted by Crippen LogP contribution is -2.52. The van der Waals surface area contributed by atoms with E-state index in [1.807, 2.05) is 6.20 Å². The molecule has 160 valence electrons. The molecule has 2 saturated heterocycles. The standard InChI is InChI=1S/C23H31BrN6/c1-23(25)8-5-11-30(15-23)21-17(24)12-26-22-20(21)19(13-27-22)29-10-3-6-16(14-29)18-7-4-9-28(18)2/h3,6,12-14,18H,4-5,7-11,15,25H2,1-2H3,(H,26,27). The number of aromatic nitrogens is 2. The molecule has 0 aromatic carbocycles. The van der Waals surface area contributed by atoms with Crippen molar-refractivity contribution in [1.29, 1.82) is 0 Å². The van der Waals surface area contributed by atoms with Crippen LogP contribution in [0.4, 0.5) is 11.4 Å². The number of piperidine rings is 1. The quantitative estimate of drug-likeness (QED) is 0.709. The number of nitrogens with one attached hydrogen (secondary N) is 1. The second kappa shape index (κ2) is 7.70. The van der Waals surface area contributed by atoms with Crippen molar-refractivity contribution in [2.75, 3.05) is 43.0 Å². The second-order valence-corrected chi connectivity index (χ2v) is 10.2. The molecule has 7 heteroatoms. The molecular weight excluding hydrogens is 440 g/mol. The predicted molar refractivity (Wildman–Crippen MR) is 128 cm³/mol. The number of likely N-dealkylation sites (tertiary alicyclic amines) is 1. The summed E-state index contributed by atoms with van der Waals surface area (Å²) in [5.74, 6) is 0.